The number of rotatable bonds is 4. The van der Waals surface area contributed by atoms with Crippen LogP contribution in [-0.2, 0) is 4.79 Å². The van der Waals surface area contributed by atoms with E-state index < -0.39 is 0 Å². The molecule has 30 heavy (non-hydrogen) atoms. The lowest BCUT2D eigenvalue weighted by molar-refractivity contribution is -0.112. The summed E-state index contributed by atoms with van der Waals surface area (Å²) >= 11 is 3.37. The van der Waals surface area contributed by atoms with Crippen LogP contribution in [0.1, 0.15) is 29.5 Å². The highest BCUT2D eigenvalue weighted by Crippen LogP contribution is 2.30. The Morgan fingerprint density at radius 3 is 2.53 bits per heavy atom. The monoisotopic (exact) mass is 445 g/mol. The lowest BCUT2D eigenvalue weighted by atomic mass is 10.0. The smallest absolute Gasteiger partial charge is 0.183 e. The number of thiazole rings is 1. The van der Waals surface area contributed by atoms with E-state index in [4.69, 9.17) is 0 Å². The topological polar surface area (TPSA) is 45.2 Å². The minimum atomic E-state index is -0.188. The van der Waals surface area contributed by atoms with E-state index in [0.29, 0.717) is 0 Å². The second-order valence-corrected chi connectivity index (χ2v) is 9.74. The fraction of sp³-hybridized carbons (Fsp3) is 0.391. The van der Waals surface area contributed by atoms with Gasteiger partial charge in [0.2, 0.25) is 0 Å². The molecule has 0 amide bonds. The van der Waals surface area contributed by atoms with Gasteiger partial charge < -0.3 is 10.1 Å². The van der Waals surface area contributed by atoms with E-state index >= 15 is 0 Å². The lowest BCUT2D eigenvalue weighted by Crippen LogP contribution is -2.29. The van der Waals surface area contributed by atoms with E-state index in [0.717, 1.165) is 53.3 Å². The third-order valence-electron chi connectivity index (χ3n) is 5.09. The summed E-state index contributed by atoms with van der Waals surface area (Å²) in [5.74, 6) is 0.0349. The second kappa shape index (κ2) is 10.4. The third-order valence-corrected chi connectivity index (χ3v) is 7.59. The molecule has 0 atom stereocenters. The fourth-order valence-corrected chi connectivity index (χ4v) is 5.31. The number of carbonyl (C=O) groups is 1. The molecule has 0 aliphatic carbocycles. The first kappa shape index (κ1) is 22.7. The molecule has 0 unspecified atom stereocenters. The number of hydrogen-bond acceptors (Lipinski definition) is 6. The number of nitrogens with zero attached hydrogens (tertiary/aromatic N) is 2. The molecule has 4 rings (SSSR count). The number of nitrogens with one attached hydrogen (secondary N) is 1. The van der Waals surface area contributed by atoms with Gasteiger partial charge in [0.25, 0.3) is 0 Å². The molecule has 160 valence electrons. The van der Waals surface area contributed by atoms with E-state index in [9.17, 15) is 9.18 Å². The fourth-order valence-electron chi connectivity index (χ4n) is 3.44. The van der Waals surface area contributed by atoms with Crippen LogP contribution in [0.4, 0.5) is 9.52 Å². The van der Waals surface area contributed by atoms with Crippen molar-refractivity contribution < 1.29 is 9.18 Å². The predicted molar refractivity (Wildman–Crippen MR) is 126 cm³/mol. The molecular formula is C23H28FN3OS2. The Morgan fingerprint density at radius 1 is 1.17 bits per heavy atom. The van der Waals surface area contributed by atoms with Crippen LogP contribution >= 0.6 is 23.3 Å². The lowest BCUT2D eigenvalue weighted by Gasteiger charge is -2.28. The van der Waals surface area contributed by atoms with Gasteiger partial charge in [-0.25, -0.2) is 13.7 Å². The van der Waals surface area contributed by atoms with Crippen molar-refractivity contribution in [1.29, 1.82) is 0 Å². The molecule has 4 nitrogen and oxygen atoms in total. The summed E-state index contributed by atoms with van der Waals surface area (Å²) in [5.41, 5.74) is 4.66. The first-order chi connectivity index (χ1) is 14.4. The van der Waals surface area contributed by atoms with Crippen LogP contribution in [0, 0.1) is 32.5 Å². The molecule has 1 aromatic heterocycles. The molecule has 0 spiro atoms. The molecule has 1 aliphatic heterocycles. The Morgan fingerprint density at radius 2 is 1.90 bits per heavy atom. The largest absolute Gasteiger partial charge is 0.365 e. The molecule has 0 radical (unpaired) electrons. The summed E-state index contributed by atoms with van der Waals surface area (Å²) in [5, 5.41) is 4.06. The van der Waals surface area contributed by atoms with Crippen molar-refractivity contribution in [2.75, 3.05) is 25.5 Å². The zero-order valence-corrected chi connectivity index (χ0v) is 19.5. The van der Waals surface area contributed by atoms with Crippen LogP contribution in [0.3, 0.4) is 0 Å². The maximum absolute atomic E-state index is 13.0. The highest BCUT2D eigenvalue weighted by Gasteiger charge is 2.19. The van der Waals surface area contributed by atoms with Crippen LogP contribution < -0.4 is 5.32 Å². The summed E-state index contributed by atoms with van der Waals surface area (Å²) in [7, 11) is 1.90. The summed E-state index contributed by atoms with van der Waals surface area (Å²) in [6.45, 7) is 8.00. The standard InChI is InChI=1S/C13H16FNOS.C10H12N2S/c1-10-8-12(14)2-3-13(10)17-15-6-4-11(9-16)5-7-15;1-6-4-7(2)9-8(5-6)12-10(11-3)13-9/h2-3,8-9,11H,4-7H2,1H3;4-5H,1-3H3,(H,11,12). The highest BCUT2D eigenvalue weighted by atomic mass is 32.2. The van der Waals surface area contributed by atoms with Gasteiger partial charge in [0.1, 0.15) is 12.1 Å². The van der Waals surface area contributed by atoms with Crippen molar-refractivity contribution in [3.05, 3.63) is 52.8 Å². The normalized spacial score (nSPS) is 15.0. The number of fused-ring (bicyclic) bond motifs is 1. The van der Waals surface area contributed by atoms with Gasteiger partial charge in [0, 0.05) is 31.0 Å². The van der Waals surface area contributed by atoms with Gasteiger partial charge in [-0.05, 0) is 86.5 Å². The first-order valence-corrected chi connectivity index (χ1v) is 11.7. The number of benzene rings is 2. The number of aromatic nitrogens is 1. The minimum Gasteiger partial charge on any atom is -0.365 e. The zero-order chi connectivity index (χ0) is 21.7. The Bertz CT molecular complexity index is 1010. The van der Waals surface area contributed by atoms with Crippen LogP contribution in [0.25, 0.3) is 10.2 Å². The molecule has 1 N–H and O–H groups in total. The molecule has 0 bridgehead atoms. The van der Waals surface area contributed by atoms with E-state index in [1.54, 1.807) is 29.4 Å². The molecule has 2 heterocycles. The zero-order valence-electron chi connectivity index (χ0n) is 17.9. The minimum absolute atomic E-state index is 0.188. The highest BCUT2D eigenvalue weighted by molar-refractivity contribution is 7.97. The van der Waals surface area contributed by atoms with Gasteiger partial charge in [-0.1, -0.05) is 17.4 Å². The quantitative estimate of drug-likeness (QED) is 0.394. The number of aldehydes is 1. The number of halogens is 1. The van der Waals surface area contributed by atoms with Crippen molar-refractivity contribution in [3.63, 3.8) is 0 Å². The maximum atomic E-state index is 13.0. The van der Waals surface area contributed by atoms with Crippen LogP contribution in [0.2, 0.25) is 0 Å². The molecule has 3 aromatic rings. The molecule has 1 saturated heterocycles. The second-order valence-electron chi connectivity index (χ2n) is 7.60. The molecule has 7 heteroatoms. The van der Waals surface area contributed by atoms with Gasteiger partial charge in [0.15, 0.2) is 5.13 Å². The van der Waals surface area contributed by atoms with Gasteiger partial charge in [-0.15, -0.1) is 0 Å². The summed E-state index contributed by atoms with van der Waals surface area (Å²) in [6, 6.07) is 9.19. The van der Waals surface area contributed by atoms with Gasteiger partial charge in [-0.3, -0.25) is 0 Å². The molecule has 2 aromatic carbocycles. The van der Waals surface area contributed by atoms with E-state index in [2.05, 4.69) is 40.6 Å². The van der Waals surface area contributed by atoms with Gasteiger partial charge in [0.05, 0.1) is 10.2 Å². The van der Waals surface area contributed by atoms with Crippen LogP contribution in [0.15, 0.2) is 35.2 Å². The number of anilines is 1. The van der Waals surface area contributed by atoms with E-state index in [-0.39, 0.29) is 11.7 Å². The Hall–Kier alpha value is -1.96. The average molecular weight is 446 g/mol. The summed E-state index contributed by atoms with van der Waals surface area (Å²) in [6.07, 6.45) is 2.92. The third kappa shape index (κ3) is 5.80. The Balaban J connectivity index is 0.000000177. The van der Waals surface area contributed by atoms with E-state index in [1.165, 1.54) is 21.9 Å². The molecule has 1 aliphatic rings. The number of aryl methyl sites for hydroxylation is 3. The number of piperidine rings is 1. The average Bonchev–Trinajstić information content (AvgIpc) is 3.15. The molecule has 1 fully saturated rings. The van der Waals surface area contributed by atoms with Crippen molar-refractivity contribution in [1.82, 2.24) is 9.29 Å². The summed E-state index contributed by atoms with van der Waals surface area (Å²) in [4.78, 5) is 16.2. The van der Waals surface area contributed by atoms with Crippen LogP contribution in [-0.4, -0.2) is 35.7 Å². The molecule has 0 saturated carbocycles. The van der Waals surface area contributed by atoms with Crippen molar-refractivity contribution in [3.8, 4) is 0 Å². The SMILES string of the molecule is CNc1nc2cc(C)cc(C)c2s1.Cc1cc(F)ccc1SN1CCC(C=O)CC1. The summed E-state index contributed by atoms with van der Waals surface area (Å²) < 4.78 is 16.5. The van der Waals surface area contributed by atoms with Crippen molar-refractivity contribution >= 4 is 44.9 Å². The number of carbonyl (C=O) groups excluding carboxylic acids is 1. The van der Waals surface area contributed by atoms with Crippen LogP contribution in [0.5, 0.6) is 0 Å². The van der Waals surface area contributed by atoms with E-state index in [1.807, 2.05) is 20.0 Å². The first-order valence-electron chi connectivity index (χ1n) is 10.1. The molecular weight excluding hydrogens is 417 g/mol. The van der Waals surface area contributed by atoms with Crippen molar-refractivity contribution in [2.45, 2.75) is 38.5 Å². The number of hydrogen-bond donors (Lipinski definition) is 1. The van der Waals surface area contributed by atoms with Gasteiger partial charge in [-0.2, -0.15) is 0 Å². The predicted octanol–water partition coefficient (Wildman–Crippen LogP) is 6.01. The van der Waals surface area contributed by atoms with Crippen molar-refractivity contribution in [2.24, 2.45) is 5.92 Å². The Kier molecular flexibility index (Phi) is 7.86. The Labute approximate surface area is 186 Å². The maximum Gasteiger partial charge on any atom is 0.183 e. The van der Waals surface area contributed by atoms with Gasteiger partial charge >= 0.3 is 0 Å².